The molecule has 7 rings (SSSR count). The van der Waals surface area contributed by atoms with Gasteiger partial charge in [0.25, 0.3) is 0 Å². The van der Waals surface area contributed by atoms with Crippen molar-refractivity contribution in [3.63, 3.8) is 0 Å². The van der Waals surface area contributed by atoms with Crippen LogP contribution in [0.3, 0.4) is 0 Å². The summed E-state index contributed by atoms with van der Waals surface area (Å²) in [6.45, 7) is 14.0. The van der Waals surface area contributed by atoms with Crippen LogP contribution in [0.5, 0.6) is 0 Å². The molecule has 43 heavy (non-hydrogen) atoms. The number of aryl methyl sites for hydroxylation is 2. The third-order valence-electron chi connectivity index (χ3n) is 9.63. The van der Waals surface area contributed by atoms with Gasteiger partial charge >= 0.3 is 0 Å². The molecule has 0 unspecified atom stereocenters. The minimum absolute atomic E-state index is 0.0773. The zero-order valence-electron chi connectivity index (χ0n) is 25.9. The third-order valence-corrected chi connectivity index (χ3v) is 9.85. The van der Waals surface area contributed by atoms with Gasteiger partial charge in [0, 0.05) is 21.8 Å². The first-order valence-electron chi connectivity index (χ1n) is 15.3. The predicted molar refractivity (Wildman–Crippen MR) is 184 cm³/mol. The molecule has 0 atom stereocenters. The molecule has 0 aliphatic heterocycles. The van der Waals surface area contributed by atoms with Gasteiger partial charge in [-0.3, -0.25) is 0 Å². The van der Waals surface area contributed by atoms with Crippen molar-refractivity contribution in [1.29, 1.82) is 0 Å². The summed E-state index contributed by atoms with van der Waals surface area (Å²) < 4.78 is 6.38. The number of fused-ring (bicyclic) bond motifs is 4. The lowest BCUT2D eigenvalue weighted by atomic mass is 9.63. The van der Waals surface area contributed by atoms with Crippen molar-refractivity contribution in [2.45, 2.75) is 65.2 Å². The lowest BCUT2D eigenvalue weighted by molar-refractivity contribution is 0.332. The van der Waals surface area contributed by atoms with Gasteiger partial charge in [0.2, 0.25) is 0 Å². The van der Waals surface area contributed by atoms with Crippen molar-refractivity contribution in [3.05, 3.63) is 124 Å². The van der Waals surface area contributed by atoms with E-state index in [1.54, 1.807) is 0 Å². The van der Waals surface area contributed by atoms with E-state index < -0.39 is 0 Å². The summed E-state index contributed by atoms with van der Waals surface area (Å²) in [6, 6.07) is 34.6. The Bertz CT molecular complexity index is 2030. The summed E-state index contributed by atoms with van der Waals surface area (Å²) in [4.78, 5) is 2.41. The van der Waals surface area contributed by atoms with Crippen LogP contribution in [0.1, 0.15) is 62.8 Å². The molecule has 1 aliphatic rings. The second-order valence-electron chi connectivity index (χ2n) is 13.5. The molecular weight excluding hydrogens is 546 g/mol. The van der Waals surface area contributed by atoms with Gasteiger partial charge in [-0.1, -0.05) is 93.9 Å². The Balaban J connectivity index is 1.56. The minimum Gasteiger partial charge on any atom is -0.456 e. The molecule has 3 heteroatoms. The zero-order valence-corrected chi connectivity index (χ0v) is 26.6. The number of rotatable bonds is 4. The summed E-state index contributed by atoms with van der Waals surface area (Å²) in [5.41, 5.74) is 12.9. The Hall–Kier alpha value is -4.01. The molecular formula is C40H38ClNO. The van der Waals surface area contributed by atoms with E-state index in [-0.39, 0.29) is 10.8 Å². The van der Waals surface area contributed by atoms with Crippen LogP contribution < -0.4 is 4.90 Å². The van der Waals surface area contributed by atoms with E-state index in [1.165, 1.54) is 39.9 Å². The number of halogens is 1. The Labute approximate surface area is 259 Å². The van der Waals surface area contributed by atoms with Gasteiger partial charge in [-0.15, -0.1) is 0 Å². The molecule has 216 valence electrons. The van der Waals surface area contributed by atoms with Gasteiger partial charge in [0.05, 0.1) is 11.1 Å². The van der Waals surface area contributed by atoms with Crippen molar-refractivity contribution in [2.24, 2.45) is 0 Å². The van der Waals surface area contributed by atoms with Crippen LogP contribution in [0.4, 0.5) is 17.1 Å². The number of para-hydroxylation sites is 1. The normalized spacial score (nSPS) is 15.5. The van der Waals surface area contributed by atoms with Gasteiger partial charge in [-0.25, -0.2) is 0 Å². The average Bonchev–Trinajstić information content (AvgIpc) is 3.36. The predicted octanol–water partition coefficient (Wildman–Crippen LogP) is 12.3. The Morgan fingerprint density at radius 3 is 2.09 bits per heavy atom. The van der Waals surface area contributed by atoms with Crippen molar-refractivity contribution >= 4 is 50.6 Å². The molecule has 0 amide bonds. The van der Waals surface area contributed by atoms with E-state index in [9.17, 15) is 0 Å². The number of nitrogens with zero attached hydrogens (tertiary/aromatic N) is 1. The first kappa shape index (κ1) is 27.8. The van der Waals surface area contributed by atoms with Gasteiger partial charge in [0.15, 0.2) is 0 Å². The van der Waals surface area contributed by atoms with Gasteiger partial charge in [-0.2, -0.15) is 0 Å². The summed E-state index contributed by atoms with van der Waals surface area (Å²) in [7, 11) is 0. The van der Waals surface area contributed by atoms with Crippen molar-refractivity contribution in [2.75, 3.05) is 4.90 Å². The molecule has 1 aliphatic carbocycles. The van der Waals surface area contributed by atoms with Crippen LogP contribution in [0.2, 0.25) is 5.02 Å². The lowest BCUT2D eigenvalue weighted by Crippen LogP contribution is -2.34. The molecule has 0 saturated carbocycles. The molecule has 0 radical (unpaired) electrons. The van der Waals surface area contributed by atoms with Gasteiger partial charge in [0.1, 0.15) is 11.2 Å². The number of benzene rings is 5. The van der Waals surface area contributed by atoms with E-state index in [4.69, 9.17) is 16.0 Å². The standard InChI is InChI=1S/C40H38ClNO/c1-25-12-7-8-13-30(25)27-21-28(41)23-29(22-27)42(34-15-11-17-37-38(34)31-14-9-10-16-36(31)43-37)35-24-33-32(20-26(35)2)39(3,4)18-19-40(33,5)6/h7-17,20-24H,18-19H2,1-6H3. The lowest BCUT2D eigenvalue weighted by Gasteiger charge is -2.43. The number of anilines is 3. The molecule has 1 heterocycles. The fourth-order valence-electron chi connectivity index (χ4n) is 7.06. The van der Waals surface area contributed by atoms with Crippen LogP contribution in [0.25, 0.3) is 33.1 Å². The number of furan rings is 1. The largest absolute Gasteiger partial charge is 0.456 e. The smallest absolute Gasteiger partial charge is 0.137 e. The zero-order chi connectivity index (χ0) is 30.1. The highest BCUT2D eigenvalue weighted by molar-refractivity contribution is 6.31. The Kier molecular flexibility index (Phi) is 6.48. The van der Waals surface area contributed by atoms with Crippen LogP contribution in [0, 0.1) is 13.8 Å². The second-order valence-corrected chi connectivity index (χ2v) is 14.0. The van der Waals surface area contributed by atoms with Gasteiger partial charge < -0.3 is 9.32 Å². The van der Waals surface area contributed by atoms with E-state index >= 15 is 0 Å². The van der Waals surface area contributed by atoms with E-state index in [0.717, 1.165) is 45.3 Å². The van der Waals surface area contributed by atoms with E-state index in [1.807, 2.05) is 12.1 Å². The average molecular weight is 584 g/mol. The number of hydrogen-bond donors (Lipinski definition) is 0. The second kappa shape index (κ2) is 10.0. The van der Waals surface area contributed by atoms with Crippen LogP contribution in [0.15, 0.2) is 101 Å². The Morgan fingerprint density at radius 1 is 0.651 bits per heavy atom. The summed E-state index contributed by atoms with van der Waals surface area (Å²) >= 11 is 6.96. The Morgan fingerprint density at radius 2 is 1.33 bits per heavy atom. The maximum absolute atomic E-state index is 6.96. The first-order valence-corrected chi connectivity index (χ1v) is 15.6. The van der Waals surface area contributed by atoms with E-state index in [2.05, 4.69) is 131 Å². The summed E-state index contributed by atoms with van der Waals surface area (Å²) in [5, 5.41) is 2.92. The van der Waals surface area contributed by atoms with Crippen LogP contribution in [-0.4, -0.2) is 0 Å². The summed E-state index contributed by atoms with van der Waals surface area (Å²) in [6.07, 6.45) is 2.34. The molecule has 5 aromatic carbocycles. The first-order chi connectivity index (χ1) is 20.5. The van der Waals surface area contributed by atoms with Crippen molar-refractivity contribution in [3.8, 4) is 11.1 Å². The fraction of sp³-hybridized carbons (Fsp3) is 0.250. The molecule has 0 saturated heterocycles. The highest BCUT2D eigenvalue weighted by Crippen LogP contribution is 2.51. The third kappa shape index (κ3) is 4.64. The highest BCUT2D eigenvalue weighted by atomic mass is 35.5. The molecule has 0 spiro atoms. The van der Waals surface area contributed by atoms with E-state index in [0.29, 0.717) is 5.02 Å². The molecule has 0 N–H and O–H groups in total. The molecule has 1 aromatic heterocycles. The molecule has 0 fully saturated rings. The quantitative estimate of drug-likeness (QED) is 0.205. The molecule has 2 nitrogen and oxygen atoms in total. The maximum atomic E-state index is 6.96. The summed E-state index contributed by atoms with van der Waals surface area (Å²) in [5.74, 6) is 0. The van der Waals surface area contributed by atoms with Crippen molar-refractivity contribution < 1.29 is 4.42 Å². The van der Waals surface area contributed by atoms with Crippen LogP contribution in [-0.2, 0) is 10.8 Å². The fourth-order valence-corrected chi connectivity index (χ4v) is 7.29. The monoisotopic (exact) mass is 583 g/mol. The SMILES string of the molecule is Cc1ccccc1-c1cc(Cl)cc(N(c2cc3c(cc2C)C(C)(C)CCC3(C)C)c2cccc3oc4ccccc4c23)c1. The maximum Gasteiger partial charge on any atom is 0.137 e. The molecule has 0 bridgehead atoms. The number of hydrogen-bond acceptors (Lipinski definition) is 2. The molecule has 6 aromatic rings. The van der Waals surface area contributed by atoms with Crippen molar-refractivity contribution in [1.82, 2.24) is 0 Å². The highest BCUT2D eigenvalue weighted by Gasteiger charge is 2.38. The van der Waals surface area contributed by atoms with Gasteiger partial charge in [-0.05, 0) is 113 Å². The topological polar surface area (TPSA) is 16.4 Å². The van der Waals surface area contributed by atoms with Crippen LogP contribution >= 0.6 is 11.6 Å². The minimum atomic E-state index is 0.0773.